The molecule has 0 spiro atoms. The Morgan fingerprint density at radius 1 is 1.24 bits per heavy atom. The Balaban J connectivity index is 2.85. The van der Waals surface area contributed by atoms with E-state index in [0.29, 0.717) is 6.42 Å². The fourth-order valence-corrected chi connectivity index (χ4v) is 3.16. The summed E-state index contributed by atoms with van der Waals surface area (Å²) in [5.74, 6) is -0.554. The molecule has 0 radical (unpaired) electrons. The lowest BCUT2D eigenvalue weighted by atomic mass is 10.1. The van der Waals surface area contributed by atoms with Crippen molar-refractivity contribution in [1.82, 2.24) is 4.72 Å². The SMILES string of the molecule is CCCCCC(NS(=O)(=O)c1ccc(C)cc1)C(=O)OC. The first kappa shape index (κ1) is 17.7. The molecule has 118 valence electrons. The van der Waals surface area contributed by atoms with E-state index in [2.05, 4.69) is 9.46 Å². The van der Waals surface area contributed by atoms with E-state index in [1.807, 2.05) is 13.8 Å². The van der Waals surface area contributed by atoms with Crippen LogP contribution in [0.4, 0.5) is 0 Å². The van der Waals surface area contributed by atoms with Gasteiger partial charge >= 0.3 is 5.97 Å². The van der Waals surface area contributed by atoms with Gasteiger partial charge in [-0.05, 0) is 25.5 Å². The maximum atomic E-state index is 12.3. The minimum atomic E-state index is -3.72. The first-order valence-corrected chi connectivity index (χ1v) is 8.56. The van der Waals surface area contributed by atoms with Gasteiger partial charge in [-0.3, -0.25) is 4.79 Å². The van der Waals surface area contributed by atoms with Crippen molar-refractivity contribution >= 4 is 16.0 Å². The van der Waals surface area contributed by atoms with Gasteiger partial charge in [0.2, 0.25) is 10.0 Å². The summed E-state index contributed by atoms with van der Waals surface area (Å²) in [6.07, 6.45) is 3.15. The monoisotopic (exact) mass is 313 g/mol. The quantitative estimate of drug-likeness (QED) is 0.591. The van der Waals surface area contributed by atoms with Crippen molar-refractivity contribution in [2.45, 2.75) is 50.5 Å². The van der Waals surface area contributed by atoms with E-state index in [4.69, 9.17) is 0 Å². The van der Waals surface area contributed by atoms with E-state index < -0.39 is 22.0 Å². The number of sulfonamides is 1. The Morgan fingerprint density at radius 3 is 2.38 bits per heavy atom. The molecular weight excluding hydrogens is 290 g/mol. The van der Waals surface area contributed by atoms with Gasteiger partial charge in [0.1, 0.15) is 6.04 Å². The summed E-state index contributed by atoms with van der Waals surface area (Å²) in [7, 11) is -2.46. The predicted octanol–water partition coefficient (Wildman–Crippen LogP) is 2.40. The van der Waals surface area contributed by atoms with Crippen LogP contribution in [0.15, 0.2) is 29.2 Å². The fourth-order valence-electron chi connectivity index (χ4n) is 1.94. The Bertz CT molecular complexity index is 552. The molecular formula is C15H23NO4S. The maximum absolute atomic E-state index is 12.3. The Kier molecular flexibility index (Phi) is 6.84. The van der Waals surface area contributed by atoms with Crippen LogP contribution in [-0.2, 0) is 19.6 Å². The van der Waals surface area contributed by atoms with Crippen molar-refractivity contribution in [3.05, 3.63) is 29.8 Å². The molecule has 0 bridgehead atoms. The first-order chi connectivity index (χ1) is 9.90. The number of benzene rings is 1. The molecule has 0 fully saturated rings. The summed E-state index contributed by atoms with van der Waals surface area (Å²) < 4.78 is 31.7. The van der Waals surface area contributed by atoms with E-state index >= 15 is 0 Å². The maximum Gasteiger partial charge on any atom is 0.323 e. The molecule has 0 aliphatic carbocycles. The molecule has 1 aromatic carbocycles. The van der Waals surface area contributed by atoms with Crippen LogP contribution in [0.5, 0.6) is 0 Å². The lowest BCUT2D eigenvalue weighted by molar-refractivity contribution is -0.142. The number of hydrogen-bond donors (Lipinski definition) is 1. The van der Waals surface area contributed by atoms with Crippen molar-refractivity contribution < 1.29 is 17.9 Å². The van der Waals surface area contributed by atoms with Crippen LogP contribution in [-0.4, -0.2) is 27.5 Å². The highest BCUT2D eigenvalue weighted by Gasteiger charge is 2.25. The normalized spacial score (nSPS) is 12.9. The molecule has 0 aliphatic heterocycles. The summed E-state index contributed by atoms with van der Waals surface area (Å²) >= 11 is 0. The van der Waals surface area contributed by atoms with Crippen molar-refractivity contribution in [1.29, 1.82) is 0 Å². The van der Waals surface area contributed by atoms with Crippen LogP contribution in [0.2, 0.25) is 0 Å². The molecule has 1 aromatic rings. The number of carbonyl (C=O) groups is 1. The summed E-state index contributed by atoms with van der Waals surface area (Å²) in [5.41, 5.74) is 0.974. The van der Waals surface area contributed by atoms with Crippen LogP contribution < -0.4 is 4.72 Å². The van der Waals surface area contributed by atoms with Gasteiger partial charge in [-0.15, -0.1) is 0 Å². The molecule has 1 rings (SSSR count). The smallest absolute Gasteiger partial charge is 0.323 e. The van der Waals surface area contributed by atoms with Gasteiger partial charge < -0.3 is 4.74 Å². The van der Waals surface area contributed by atoms with Gasteiger partial charge in [-0.25, -0.2) is 8.42 Å². The van der Waals surface area contributed by atoms with Crippen molar-refractivity contribution in [3.8, 4) is 0 Å². The zero-order valence-corrected chi connectivity index (χ0v) is 13.6. The fraction of sp³-hybridized carbons (Fsp3) is 0.533. The predicted molar refractivity (Wildman–Crippen MR) is 81.4 cm³/mol. The summed E-state index contributed by atoms with van der Waals surface area (Å²) in [6, 6.07) is 5.65. The molecule has 0 saturated carbocycles. The van der Waals surface area contributed by atoms with Crippen molar-refractivity contribution in [2.75, 3.05) is 7.11 Å². The third kappa shape index (κ3) is 5.47. The Hall–Kier alpha value is -1.40. The number of ether oxygens (including phenoxy) is 1. The lowest BCUT2D eigenvalue weighted by Gasteiger charge is -2.16. The first-order valence-electron chi connectivity index (χ1n) is 7.07. The van der Waals surface area contributed by atoms with E-state index in [1.54, 1.807) is 12.1 Å². The summed E-state index contributed by atoms with van der Waals surface area (Å²) in [4.78, 5) is 11.9. The standard InChI is InChI=1S/C15H23NO4S/c1-4-5-6-7-14(15(17)20-3)16-21(18,19)13-10-8-12(2)9-11-13/h8-11,14,16H,4-7H2,1-3H3. The molecule has 1 N–H and O–H groups in total. The van der Waals surface area contributed by atoms with E-state index in [9.17, 15) is 13.2 Å². The second-order valence-electron chi connectivity index (χ2n) is 5.01. The molecule has 1 atom stereocenters. The second kappa shape index (κ2) is 8.14. The Labute approximate surface area is 126 Å². The number of rotatable bonds is 8. The number of carbonyl (C=O) groups excluding carboxylic acids is 1. The summed E-state index contributed by atoms with van der Waals surface area (Å²) in [5, 5.41) is 0. The highest BCUT2D eigenvalue weighted by Crippen LogP contribution is 2.13. The van der Waals surface area contributed by atoms with Crippen LogP contribution >= 0.6 is 0 Å². The van der Waals surface area contributed by atoms with E-state index in [0.717, 1.165) is 24.8 Å². The van der Waals surface area contributed by atoms with Crippen LogP contribution in [0, 0.1) is 6.92 Å². The summed E-state index contributed by atoms with van der Waals surface area (Å²) in [6.45, 7) is 3.93. The number of esters is 1. The molecule has 0 heterocycles. The third-order valence-electron chi connectivity index (χ3n) is 3.21. The molecule has 1 unspecified atom stereocenters. The highest BCUT2D eigenvalue weighted by atomic mass is 32.2. The number of methoxy groups -OCH3 is 1. The number of aryl methyl sites for hydroxylation is 1. The van der Waals surface area contributed by atoms with Crippen molar-refractivity contribution in [3.63, 3.8) is 0 Å². The van der Waals surface area contributed by atoms with Crippen LogP contribution in [0.1, 0.15) is 38.2 Å². The van der Waals surface area contributed by atoms with Crippen molar-refractivity contribution in [2.24, 2.45) is 0 Å². The third-order valence-corrected chi connectivity index (χ3v) is 4.70. The Morgan fingerprint density at radius 2 is 1.86 bits per heavy atom. The van der Waals surface area contributed by atoms with Gasteiger partial charge in [0.25, 0.3) is 0 Å². The largest absolute Gasteiger partial charge is 0.468 e. The van der Waals surface area contributed by atoms with Gasteiger partial charge in [-0.2, -0.15) is 4.72 Å². The number of hydrogen-bond acceptors (Lipinski definition) is 4. The minimum Gasteiger partial charge on any atom is -0.468 e. The van der Waals surface area contributed by atoms with Gasteiger partial charge in [-0.1, -0.05) is 43.9 Å². The topological polar surface area (TPSA) is 72.5 Å². The number of nitrogens with one attached hydrogen (secondary N) is 1. The highest BCUT2D eigenvalue weighted by molar-refractivity contribution is 7.89. The molecule has 0 aliphatic rings. The molecule has 0 amide bonds. The zero-order chi connectivity index (χ0) is 15.9. The van der Waals surface area contributed by atoms with Crippen LogP contribution in [0.3, 0.4) is 0 Å². The second-order valence-corrected chi connectivity index (χ2v) is 6.72. The molecule has 6 heteroatoms. The average Bonchev–Trinajstić information content (AvgIpc) is 2.46. The molecule has 0 aromatic heterocycles. The van der Waals surface area contributed by atoms with Gasteiger partial charge in [0.05, 0.1) is 12.0 Å². The lowest BCUT2D eigenvalue weighted by Crippen LogP contribution is -2.41. The molecule has 5 nitrogen and oxygen atoms in total. The molecule has 0 saturated heterocycles. The minimum absolute atomic E-state index is 0.150. The molecule has 21 heavy (non-hydrogen) atoms. The van der Waals surface area contributed by atoms with Gasteiger partial charge in [0.15, 0.2) is 0 Å². The van der Waals surface area contributed by atoms with E-state index in [1.165, 1.54) is 19.2 Å². The number of unbranched alkanes of at least 4 members (excludes halogenated alkanes) is 2. The zero-order valence-electron chi connectivity index (χ0n) is 12.8. The van der Waals surface area contributed by atoms with Gasteiger partial charge in [0, 0.05) is 0 Å². The van der Waals surface area contributed by atoms with E-state index in [-0.39, 0.29) is 4.90 Å². The average molecular weight is 313 g/mol. The van der Waals surface area contributed by atoms with Crippen LogP contribution in [0.25, 0.3) is 0 Å².